The number of rotatable bonds is 1. The number of hydrogen-bond donors (Lipinski definition) is 2. The number of anilines is 1. The molecule has 0 radical (unpaired) electrons. The van der Waals surface area contributed by atoms with Gasteiger partial charge < -0.3 is 10.4 Å². The van der Waals surface area contributed by atoms with Crippen LogP contribution in [0.4, 0.5) is 5.82 Å². The van der Waals surface area contributed by atoms with Crippen molar-refractivity contribution in [2.45, 2.75) is 2.14 Å². The summed E-state index contributed by atoms with van der Waals surface area (Å²) in [7, 11) is 0. The van der Waals surface area contributed by atoms with Crippen LogP contribution in [0.1, 0.15) is 0 Å². The lowest BCUT2D eigenvalue weighted by molar-refractivity contribution is -0.114. The molecule has 1 aromatic rings. The summed E-state index contributed by atoms with van der Waals surface area (Å²) in [6.07, 6.45) is 1.47. The van der Waals surface area contributed by atoms with Crippen LogP contribution in [0, 0.1) is 0 Å². The Bertz CT molecular complexity index is 351. The lowest BCUT2D eigenvalue weighted by Gasteiger charge is -2.12. The van der Waals surface area contributed by atoms with Gasteiger partial charge >= 0.3 is 0 Å². The van der Waals surface area contributed by atoms with Gasteiger partial charge in [-0.05, 0) is 59.9 Å². The molecule has 14 heavy (non-hydrogen) atoms. The number of nitrogens with one attached hydrogen (secondary N) is 1. The van der Waals surface area contributed by atoms with Gasteiger partial charge in [0.1, 0.15) is 0 Å². The van der Waals surface area contributed by atoms with Crippen LogP contribution in [0.25, 0.3) is 0 Å². The van der Waals surface area contributed by atoms with E-state index in [2.05, 4.69) is 58.1 Å². The number of nitrogens with zero attached hydrogens (tertiary/aromatic N) is 1. The Hall–Kier alpha value is -0.140. The summed E-state index contributed by atoms with van der Waals surface area (Å²) < 4.78 is -1.06. The van der Waals surface area contributed by atoms with E-state index in [1.165, 1.54) is 12.3 Å². The SMILES string of the molecule is O=C(Nc1ncccc1O)C(Br)(Br)Br. The minimum Gasteiger partial charge on any atom is -0.504 e. The van der Waals surface area contributed by atoms with Gasteiger partial charge in [-0.1, -0.05) is 0 Å². The highest BCUT2D eigenvalue weighted by molar-refractivity contribution is 9.40. The molecule has 7 heteroatoms. The molecule has 2 N–H and O–H groups in total. The molecule has 0 aromatic carbocycles. The molecule has 0 aliphatic carbocycles. The predicted octanol–water partition coefficient (Wildman–Crippen LogP) is 2.56. The molecule has 0 fully saturated rings. The average molecular weight is 389 g/mol. The number of halogens is 3. The molecule has 0 atom stereocenters. The smallest absolute Gasteiger partial charge is 0.264 e. The molecular weight excluding hydrogens is 384 g/mol. The molecule has 0 aliphatic heterocycles. The number of carbonyl (C=O) groups is 1. The van der Waals surface area contributed by atoms with E-state index in [1.807, 2.05) is 0 Å². The Labute approximate surface area is 105 Å². The molecule has 1 heterocycles. The molecule has 0 aliphatic rings. The van der Waals surface area contributed by atoms with E-state index in [0.29, 0.717) is 0 Å². The first-order valence-corrected chi connectivity index (χ1v) is 5.81. The van der Waals surface area contributed by atoms with Crippen molar-refractivity contribution in [2.75, 3.05) is 5.32 Å². The van der Waals surface area contributed by atoms with Crippen LogP contribution in [-0.2, 0) is 4.79 Å². The van der Waals surface area contributed by atoms with Crippen LogP contribution in [-0.4, -0.2) is 18.1 Å². The molecule has 0 saturated carbocycles. The summed E-state index contributed by atoms with van der Waals surface area (Å²) in [4.78, 5) is 15.2. The zero-order chi connectivity index (χ0) is 10.8. The number of alkyl halides is 3. The van der Waals surface area contributed by atoms with Crippen molar-refractivity contribution >= 4 is 59.5 Å². The Kier molecular flexibility index (Phi) is 3.91. The topological polar surface area (TPSA) is 62.2 Å². The molecule has 0 bridgehead atoms. The summed E-state index contributed by atoms with van der Waals surface area (Å²) in [6, 6.07) is 3.00. The number of aromatic hydroxyl groups is 1. The molecule has 0 unspecified atom stereocenters. The Morgan fingerprint density at radius 2 is 2.14 bits per heavy atom. The fraction of sp³-hybridized carbons (Fsp3) is 0.143. The first-order chi connectivity index (χ1) is 6.41. The largest absolute Gasteiger partial charge is 0.504 e. The monoisotopic (exact) mass is 386 g/mol. The van der Waals surface area contributed by atoms with Crippen molar-refractivity contribution in [3.05, 3.63) is 18.3 Å². The molecule has 0 saturated heterocycles. The van der Waals surface area contributed by atoms with Gasteiger partial charge in [0.05, 0.1) is 0 Å². The molecule has 76 valence electrons. The summed E-state index contributed by atoms with van der Waals surface area (Å²) in [5.74, 6) is -0.399. The van der Waals surface area contributed by atoms with Gasteiger partial charge in [-0.15, -0.1) is 0 Å². The van der Waals surface area contributed by atoms with Crippen LogP contribution >= 0.6 is 47.8 Å². The van der Waals surface area contributed by atoms with E-state index in [0.717, 1.165) is 0 Å². The second-order valence-corrected chi connectivity index (χ2v) is 9.08. The molecular formula is C7H5Br3N2O2. The first kappa shape index (κ1) is 11.9. The minimum atomic E-state index is -1.06. The van der Waals surface area contributed by atoms with Gasteiger partial charge in [-0.25, -0.2) is 4.98 Å². The Balaban J connectivity index is 2.80. The third-order valence-electron chi connectivity index (χ3n) is 1.28. The third-order valence-corrected chi connectivity index (χ3v) is 2.36. The van der Waals surface area contributed by atoms with Crippen LogP contribution < -0.4 is 5.32 Å². The summed E-state index contributed by atoms with van der Waals surface area (Å²) in [6.45, 7) is 0. The van der Waals surface area contributed by atoms with Crippen molar-refractivity contribution in [1.82, 2.24) is 4.98 Å². The number of carbonyl (C=O) groups excluding carboxylic acids is 1. The average Bonchev–Trinajstić information content (AvgIpc) is 2.07. The van der Waals surface area contributed by atoms with Gasteiger partial charge in [-0.3, -0.25) is 4.79 Å². The zero-order valence-corrected chi connectivity index (χ0v) is 11.4. The van der Waals surface area contributed by atoms with Crippen molar-refractivity contribution in [3.8, 4) is 5.75 Å². The zero-order valence-electron chi connectivity index (χ0n) is 6.67. The second kappa shape index (κ2) is 4.59. The fourth-order valence-corrected chi connectivity index (χ4v) is 0.969. The number of pyridine rings is 1. The van der Waals surface area contributed by atoms with Crippen molar-refractivity contribution in [2.24, 2.45) is 0 Å². The first-order valence-electron chi connectivity index (χ1n) is 3.43. The van der Waals surface area contributed by atoms with Gasteiger partial charge in [0.15, 0.2) is 11.6 Å². The second-order valence-electron chi connectivity index (χ2n) is 2.32. The Morgan fingerprint density at radius 3 is 2.64 bits per heavy atom. The lowest BCUT2D eigenvalue weighted by atomic mass is 10.4. The quantitative estimate of drug-likeness (QED) is 0.727. The number of aromatic nitrogens is 1. The van der Waals surface area contributed by atoms with E-state index >= 15 is 0 Å². The van der Waals surface area contributed by atoms with E-state index in [-0.39, 0.29) is 11.6 Å². The highest BCUT2D eigenvalue weighted by Crippen LogP contribution is 2.35. The molecule has 1 aromatic heterocycles. The van der Waals surface area contributed by atoms with E-state index in [4.69, 9.17) is 0 Å². The van der Waals surface area contributed by atoms with Gasteiger partial charge in [0.25, 0.3) is 5.91 Å². The van der Waals surface area contributed by atoms with Crippen LogP contribution in [0.3, 0.4) is 0 Å². The van der Waals surface area contributed by atoms with Gasteiger partial charge in [0.2, 0.25) is 2.14 Å². The van der Waals surface area contributed by atoms with E-state index < -0.39 is 8.05 Å². The maximum Gasteiger partial charge on any atom is 0.264 e. The van der Waals surface area contributed by atoms with E-state index in [9.17, 15) is 9.90 Å². The fourth-order valence-electron chi connectivity index (χ4n) is 0.672. The van der Waals surface area contributed by atoms with Crippen molar-refractivity contribution in [1.29, 1.82) is 0 Å². The highest BCUT2D eigenvalue weighted by atomic mass is 80.0. The lowest BCUT2D eigenvalue weighted by Crippen LogP contribution is -2.25. The molecule has 0 spiro atoms. The van der Waals surface area contributed by atoms with Gasteiger partial charge in [-0.2, -0.15) is 0 Å². The van der Waals surface area contributed by atoms with Crippen molar-refractivity contribution < 1.29 is 9.90 Å². The maximum absolute atomic E-state index is 11.4. The van der Waals surface area contributed by atoms with Crippen LogP contribution in [0.2, 0.25) is 0 Å². The third kappa shape index (κ3) is 3.21. The minimum absolute atomic E-state index is 0.0856. The molecule has 4 nitrogen and oxygen atoms in total. The Morgan fingerprint density at radius 1 is 1.50 bits per heavy atom. The number of hydrogen-bond acceptors (Lipinski definition) is 3. The molecule has 1 rings (SSSR count). The normalized spacial score (nSPS) is 11.1. The van der Waals surface area contributed by atoms with Gasteiger partial charge in [0, 0.05) is 6.20 Å². The summed E-state index contributed by atoms with van der Waals surface area (Å²) in [5, 5.41) is 11.7. The predicted molar refractivity (Wildman–Crippen MR) is 64.0 cm³/mol. The van der Waals surface area contributed by atoms with Crippen LogP contribution in [0.5, 0.6) is 5.75 Å². The highest BCUT2D eigenvalue weighted by Gasteiger charge is 2.29. The van der Waals surface area contributed by atoms with E-state index in [1.54, 1.807) is 6.07 Å². The van der Waals surface area contributed by atoms with Crippen molar-refractivity contribution in [3.63, 3.8) is 0 Å². The summed E-state index contributed by atoms with van der Waals surface area (Å²) in [5.41, 5.74) is 0. The standard InChI is InChI=1S/C7H5Br3N2O2/c8-7(9,10)6(14)12-5-4(13)2-1-3-11-5/h1-3,13H,(H,11,12,14). The number of amides is 1. The van der Waals surface area contributed by atoms with Crippen LogP contribution in [0.15, 0.2) is 18.3 Å². The molecule has 1 amide bonds. The summed E-state index contributed by atoms with van der Waals surface area (Å²) >= 11 is 9.11. The maximum atomic E-state index is 11.4.